The van der Waals surface area contributed by atoms with Crippen LogP contribution in [0.3, 0.4) is 0 Å². The van der Waals surface area contributed by atoms with E-state index in [0.717, 1.165) is 11.0 Å². The first-order valence-electron chi connectivity index (χ1n) is 6.90. The van der Waals surface area contributed by atoms with E-state index in [1.165, 1.54) is 0 Å². The first-order chi connectivity index (χ1) is 10.0. The largest absolute Gasteiger partial charge is 0.388 e. The minimum absolute atomic E-state index is 0.157. The number of aromatic nitrogens is 2. The van der Waals surface area contributed by atoms with Crippen molar-refractivity contribution in [2.45, 2.75) is 25.5 Å². The Morgan fingerprint density at radius 1 is 1.48 bits per heavy atom. The van der Waals surface area contributed by atoms with Crippen LogP contribution >= 0.6 is 0 Å². The van der Waals surface area contributed by atoms with Crippen molar-refractivity contribution in [3.05, 3.63) is 30.6 Å². The van der Waals surface area contributed by atoms with Gasteiger partial charge in [0, 0.05) is 26.7 Å². The Balaban J connectivity index is 1.90. The van der Waals surface area contributed by atoms with E-state index in [-0.39, 0.29) is 19.0 Å². The molecule has 1 unspecified atom stereocenters. The molecule has 0 fully saturated rings. The number of fused-ring (bicyclic) bond motifs is 1. The van der Waals surface area contributed by atoms with Gasteiger partial charge in [0.2, 0.25) is 5.91 Å². The highest BCUT2D eigenvalue weighted by Crippen LogP contribution is 2.11. The van der Waals surface area contributed by atoms with Gasteiger partial charge in [-0.15, -0.1) is 0 Å². The number of nitrogens with one attached hydrogen (secondary N) is 1. The monoisotopic (exact) mass is 291 g/mol. The van der Waals surface area contributed by atoms with Crippen LogP contribution < -0.4 is 5.32 Å². The minimum atomic E-state index is -0.970. The molecule has 1 atom stereocenters. The van der Waals surface area contributed by atoms with Crippen molar-refractivity contribution in [3.8, 4) is 0 Å². The van der Waals surface area contributed by atoms with E-state index in [1.807, 2.05) is 24.3 Å². The Kier molecular flexibility index (Phi) is 4.93. The van der Waals surface area contributed by atoms with Gasteiger partial charge in [-0.1, -0.05) is 12.1 Å². The van der Waals surface area contributed by atoms with Gasteiger partial charge >= 0.3 is 0 Å². The van der Waals surface area contributed by atoms with Gasteiger partial charge in [0.25, 0.3) is 0 Å². The third kappa shape index (κ3) is 4.27. The maximum atomic E-state index is 12.0. The van der Waals surface area contributed by atoms with Crippen molar-refractivity contribution in [1.82, 2.24) is 14.9 Å². The number of rotatable bonds is 7. The topological polar surface area (TPSA) is 76.4 Å². The highest BCUT2D eigenvalue weighted by molar-refractivity contribution is 5.80. The molecule has 0 saturated heterocycles. The molecule has 0 aliphatic carbocycles. The number of ether oxygens (including phenoxy) is 1. The molecule has 0 aliphatic heterocycles. The van der Waals surface area contributed by atoms with Gasteiger partial charge in [0.05, 0.1) is 23.0 Å². The third-order valence-electron chi connectivity index (χ3n) is 3.35. The summed E-state index contributed by atoms with van der Waals surface area (Å²) in [6.45, 7) is 2.51. The minimum Gasteiger partial charge on any atom is -0.388 e. The number of para-hydroxylation sites is 2. The standard InChI is InChI=1S/C15H21N3O3/c1-15(20,7-8-21-2)10-16-14(19)9-18-11-17-12-5-3-4-6-13(12)18/h3-6,11,20H,7-10H2,1-2H3,(H,16,19). The Bertz CT molecular complexity index is 607. The predicted molar refractivity (Wildman–Crippen MR) is 79.9 cm³/mol. The molecule has 1 aromatic carbocycles. The highest BCUT2D eigenvalue weighted by Gasteiger charge is 2.20. The van der Waals surface area contributed by atoms with Gasteiger partial charge in [-0.05, 0) is 19.1 Å². The molecule has 6 nitrogen and oxygen atoms in total. The number of aliphatic hydroxyl groups is 1. The second kappa shape index (κ2) is 6.69. The Morgan fingerprint density at radius 3 is 3.00 bits per heavy atom. The number of hydrogen-bond acceptors (Lipinski definition) is 4. The average Bonchev–Trinajstić information content (AvgIpc) is 2.87. The van der Waals surface area contributed by atoms with Crippen molar-refractivity contribution < 1.29 is 14.6 Å². The van der Waals surface area contributed by atoms with Gasteiger partial charge in [-0.3, -0.25) is 4.79 Å². The molecule has 1 heterocycles. The Morgan fingerprint density at radius 2 is 2.24 bits per heavy atom. The van der Waals surface area contributed by atoms with Gasteiger partial charge < -0.3 is 19.7 Å². The summed E-state index contributed by atoms with van der Waals surface area (Å²) >= 11 is 0. The van der Waals surface area contributed by atoms with Crippen LogP contribution in [0.4, 0.5) is 0 Å². The van der Waals surface area contributed by atoms with Crippen molar-refractivity contribution >= 4 is 16.9 Å². The lowest BCUT2D eigenvalue weighted by Crippen LogP contribution is -2.42. The summed E-state index contributed by atoms with van der Waals surface area (Å²) in [6, 6.07) is 7.64. The molecule has 1 amide bonds. The van der Waals surface area contributed by atoms with Crippen LogP contribution in [0.2, 0.25) is 0 Å². The van der Waals surface area contributed by atoms with Gasteiger partial charge in [-0.25, -0.2) is 4.98 Å². The molecule has 114 valence electrons. The molecule has 6 heteroatoms. The molecular formula is C15H21N3O3. The summed E-state index contributed by atoms with van der Waals surface area (Å²) in [4.78, 5) is 16.2. The van der Waals surface area contributed by atoms with Crippen molar-refractivity contribution in [1.29, 1.82) is 0 Å². The van der Waals surface area contributed by atoms with Gasteiger partial charge in [0.1, 0.15) is 6.54 Å². The fourth-order valence-corrected chi connectivity index (χ4v) is 2.05. The van der Waals surface area contributed by atoms with E-state index >= 15 is 0 Å². The number of nitrogens with zero attached hydrogens (tertiary/aromatic N) is 2. The zero-order valence-electron chi connectivity index (χ0n) is 12.4. The maximum Gasteiger partial charge on any atom is 0.240 e. The Hall–Kier alpha value is -1.92. The van der Waals surface area contributed by atoms with E-state index in [2.05, 4.69) is 10.3 Å². The number of hydrogen-bond donors (Lipinski definition) is 2. The van der Waals surface area contributed by atoms with Crippen LogP contribution in [0.1, 0.15) is 13.3 Å². The summed E-state index contributed by atoms with van der Waals surface area (Å²) in [5, 5.41) is 12.8. The second-order valence-electron chi connectivity index (χ2n) is 5.38. The lowest BCUT2D eigenvalue weighted by Gasteiger charge is -2.23. The zero-order chi connectivity index (χ0) is 15.3. The molecule has 0 spiro atoms. The van der Waals surface area contributed by atoms with E-state index in [0.29, 0.717) is 13.0 Å². The maximum absolute atomic E-state index is 12.0. The van der Waals surface area contributed by atoms with Crippen LogP contribution in [0, 0.1) is 0 Å². The molecule has 21 heavy (non-hydrogen) atoms. The number of carbonyl (C=O) groups excluding carboxylic acids is 1. The van der Waals surface area contributed by atoms with Crippen LogP contribution in [-0.2, 0) is 16.1 Å². The highest BCUT2D eigenvalue weighted by atomic mass is 16.5. The summed E-state index contributed by atoms with van der Waals surface area (Å²) in [5.41, 5.74) is 0.805. The lowest BCUT2D eigenvalue weighted by atomic mass is 10.0. The van der Waals surface area contributed by atoms with Crippen LogP contribution in [0.15, 0.2) is 30.6 Å². The van der Waals surface area contributed by atoms with Crippen molar-refractivity contribution in [2.75, 3.05) is 20.3 Å². The number of amides is 1. The molecule has 1 aromatic heterocycles. The van der Waals surface area contributed by atoms with E-state index in [9.17, 15) is 9.90 Å². The van der Waals surface area contributed by atoms with Crippen molar-refractivity contribution in [2.24, 2.45) is 0 Å². The molecule has 0 bridgehead atoms. The molecule has 0 radical (unpaired) electrons. The predicted octanol–water partition coefficient (Wildman–Crippen LogP) is 0.940. The van der Waals surface area contributed by atoms with E-state index in [1.54, 1.807) is 24.9 Å². The van der Waals surface area contributed by atoms with Crippen LogP contribution in [0.25, 0.3) is 11.0 Å². The molecule has 2 aromatic rings. The number of carbonyl (C=O) groups is 1. The number of methoxy groups -OCH3 is 1. The summed E-state index contributed by atoms with van der Waals surface area (Å²) in [5.74, 6) is -0.157. The van der Waals surface area contributed by atoms with Crippen LogP contribution in [-0.4, -0.2) is 46.4 Å². The number of imidazole rings is 1. The third-order valence-corrected chi connectivity index (χ3v) is 3.35. The quantitative estimate of drug-likeness (QED) is 0.796. The number of benzene rings is 1. The molecule has 0 aliphatic rings. The van der Waals surface area contributed by atoms with Crippen molar-refractivity contribution in [3.63, 3.8) is 0 Å². The fourth-order valence-electron chi connectivity index (χ4n) is 2.05. The zero-order valence-corrected chi connectivity index (χ0v) is 12.4. The molecule has 2 N–H and O–H groups in total. The SMILES string of the molecule is COCCC(C)(O)CNC(=O)Cn1cnc2ccccc21. The first-order valence-corrected chi connectivity index (χ1v) is 6.90. The van der Waals surface area contributed by atoms with E-state index < -0.39 is 5.60 Å². The molecular weight excluding hydrogens is 270 g/mol. The van der Waals surface area contributed by atoms with Gasteiger partial charge in [-0.2, -0.15) is 0 Å². The summed E-state index contributed by atoms with van der Waals surface area (Å²) < 4.78 is 6.72. The van der Waals surface area contributed by atoms with Crippen LogP contribution in [0.5, 0.6) is 0 Å². The van der Waals surface area contributed by atoms with Gasteiger partial charge in [0.15, 0.2) is 0 Å². The fraction of sp³-hybridized carbons (Fsp3) is 0.467. The normalized spacial score (nSPS) is 14.0. The average molecular weight is 291 g/mol. The first kappa shape index (κ1) is 15.5. The van der Waals surface area contributed by atoms with E-state index in [4.69, 9.17) is 4.74 Å². The summed E-state index contributed by atoms with van der Waals surface area (Å²) in [6.07, 6.45) is 2.12. The smallest absolute Gasteiger partial charge is 0.240 e. The Labute approximate surface area is 123 Å². The molecule has 0 saturated carbocycles. The summed E-state index contributed by atoms with van der Waals surface area (Å²) in [7, 11) is 1.58. The second-order valence-corrected chi connectivity index (χ2v) is 5.38. The molecule has 2 rings (SSSR count). The lowest BCUT2D eigenvalue weighted by molar-refractivity contribution is -0.122.